The summed E-state index contributed by atoms with van der Waals surface area (Å²) in [6.45, 7) is 0.860. The first-order valence-electron chi connectivity index (χ1n) is 5.24. The van der Waals surface area contributed by atoms with Gasteiger partial charge in [-0.15, -0.1) is 0 Å². The highest BCUT2D eigenvalue weighted by atomic mass is 19.4. The van der Waals surface area contributed by atoms with Gasteiger partial charge in [0.1, 0.15) is 11.6 Å². The maximum atomic E-state index is 14.0. The molecule has 0 bridgehead atoms. The van der Waals surface area contributed by atoms with Gasteiger partial charge >= 0.3 is 18.1 Å². The van der Waals surface area contributed by atoms with E-state index in [-0.39, 0.29) is 6.92 Å². The van der Waals surface area contributed by atoms with Gasteiger partial charge in [-0.05, 0) is 6.92 Å². The molecule has 0 saturated heterocycles. The third kappa shape index (κ3) is 4.43. The second kappa shape index (κ2) is 5.73. The molecule has 0 aliphatic carbocycles. The van der Waals surface area contributed by atoms with Crippen LogP contribution in [0.5, 0.6) is 0 Å². The number of hydrogen-bond donors (Lipinski definition) is 1. The van der Waals surface area contributed by atoms with Gasteiger partial charge < -0.3 is 5.11 Å². The minimum absolute atomic E-state index is 0.233. The summed E-state index contributed by atoms with van der Waals surface area (Å²) >= 11 is 0. The molecule has 0 heterocycles. The number of carboxylic acids is 1. The molecule has 0 aromatic heterocycles. The molecule has 0 spiro atoms. The molecule has 0 amide bonds. The predicted octanol–water partition coefficient (Wildman–Crippen LogP) is 3.47. The van der Waals surface area contributed by atoms with Crippen molar-refractivity contribution in [1.82, 2.24) is 0 Å². The van der Waals surface area contributed by atoms with Gasteiger partial charge in [-0.3, -0.25) is 0 Å². The molecule has 2 atom stereocenters. The second-order valence-electron chi connectivity index (χ2n) is 4.39. The van der Waals surface area contributed by atoms with E-state index in [2.05, 4.69) is 0 Å². The summed E-state index contributed by atoms with van der Waals surface area (Å²) in [5.74, 6) is -8.70. The Morgan fingerprint density at radius 3 is 2.05 bits per heavy atom. The van der Waals surface area contributed by atoms with E-state index in [4.69, 9.17) is 10.4 Å². The standard InChI is InChI=1S/C11H11F6NO2/c1-6(3-11(15,16)17)9(2,12)10(13,14)4-7(5-18)8(19)20/h4,6H,3H2,1-2H3,(H,19,20). The van der Waals surface area contributed by atoms with Crippen LogP contribution in [0.15, 0.2) is 11.6 Å². The average molecular weight is 303 g/mol. The van der Waals surface area contributed by atoms with Crippen molar-refractivity contribution < 1.29 is 36.2 Å². The Balaban J connectivity index is 5.47. The van der Waals surface area contributed by atoms with Gasteiger partial charge in [-0.2, -0.15) is 27.2 Å². The van der Waals surface area contributed by atoms with Gasteiger partial charge in [0.2, 0.25) is 0 Å². The lowest BCUT2D eigenvalue weighted by Gasteiger charge is -2.33. The first kappa shape index (κ1) is 18.3. The largest absolute Gasteiger partial charge is 0.477 e. The molecular weight excluding hydrogens is 292 g/mol. The molecule has 0 aliphatic heterocycles. The third-order valence-corrected chi connectivity index (χ3v) is 2.79. The number of aliphatic carboxylic acids is 1. The molecule has 0 aromatic carbocycles. The van der Waals surface area contributed by atoms with E-state index in [0.29, 0.717) is 6.92 Å². The van der Waals surface area contributed by atoms with Crippen molar-refractivity contribution in [1.29, 1.82) is 5.26 Å². The molecular formula is C11H11F6NO2. The van der Waals surface area contributed by atoms with E-state index in [1.54, 1.807) is 0 Å². The van der Waals surface area contributed by atoms with E-state index in [0.717, 1.165) is 6.07 Å². The monoisotopic (exact) mass is 303 g/mol. The molecule has 0 aromatic rings. The molecule has 0 fully saturated rings. The lowest BCUT2D eigenvalue weighted by molar-refractivity contribution is -0.178. The van der Waals surface area contributed by atoms with Crippen LogP contribution in [-0.2, 0) is 4.79 Å². The quantitative estimate of drug-likeness (QED) is 0.480. The zero-order valence-electron chi connectivity index (χ0n) is 10.4. The van der Waals surface area contributed by atoms with Crippen LogP contribution in [0, 0.1) is 17.2 Å². The van der Waals surface area contributed by atoms with Crippen molar-refractivity contribution in [3.8, 4) is 6.07 Å². The van der Waals surface area contributed by atoms with Crippen LogP contribution in [-0.4, -0.2) is 28.8 Å². The zero-order valence-corrected chi connectivity index (χ0v) is 10.4. The maximum absolute atomic E-state index is 14.0. The van der Waals surface area contributed by atoms with E-state index in [9.17, 15) is 31.1 Å². The lowest BCUT2D eigenvalue weighted by Crippen LogP contribution is -2.47. The highest BCUT2D eigenvalue weighted by Crippen LogP contribution is 2.43. The Labute approximate surface area is 110 Å². The summed E-state index contributed by atoms with van der Waals surface area (Å²) < 4.78 is 77.5. The van der Waals surface area contributed by atoms with Crippen LogP contribution in [0.2, 0.25) is 0 Å². The van der Waals surface area contributed by atoms with Crippen molar-refractivity contribution in [2.24, 2.45) is 5.92 Å². The molecule has 0 aliphatic rings. The Morgan fingerprint density at radius 1 is 1.30 bits per heavy atom. The molecule has 0 saturated carbocycles. The zero-order chi connectivity index (χ0) is 16.4. The Morgan fingerprint density at radius 2 is 1.75 bits per heavy atom. The van der Waals surface area contributed by atoms with Crippen molar-refractivity contribution in [2.75, 3.05) is 0 Å². The minimum Gasteiger partial charge on any atom is -0.477 e. The molecule has 0 radical (unpaired) electrons. The van der Waals surface area contributed by atoms with Gasteiger partial charge in [0.15, 0.2) is 5.67 Å². The van der Waals surface area contributed by atoms with Crippen molar-refractivity contribution in [2.45, 2.75) is 38.0 Å². The molecule has 0 rings (SSSR count). The number of rotatable bonds is 5. The van der Waals surface area contributed by atoms with Crippen molar-refractivity contribution in [3.63, 3.8) is 0 Å². The van der Waals surface area contributed by atoms with Crippen molar-refractivity contribution >= 4 is 5.97 Å². The van der Waals surface area contributed by atoms with Crippen LogP contribution in [0.3, 0.4) is 0 Å². The molecule has 20 heavy (non-hydrogen) atoms. The summed E-state index contributed by atoms with van der Waals surface area (Å²) in [5.41, 5.74) is -5.11. The smallest absolute Gasteiger partial charge is 0.389 e. The topological polar surface area (TPSA) is 61.1 Å². The fourth-order valence-electron chi connectivity index (χ4n) is 1.33. The summed E-state index contributed by atoms with van der Waals surface area (Å²) in [5, 5.41) is 16.7. The number of halogens is 6. The van der Waals surface area contributed by atoms with Gasteiger partial charge in [-0.25, -0.2) is 9.18 Å². The first-order chi connectivity index (χ1) is 8.74. The number of carboxylic acid groups (broad SMARTS) is 1. The summed E-state index contributed by atoms with van der Waals surface area (Å²) in [6.07, 6.45) is -7.13. The number of carbonyl (C=O) groups is 1. The van der Waals surface area contributed by atoms with Crippen LogP contribution in [0.1, 0.15) is 20.3 Å². The van der Waals surface area contributed by atoms with Gasteiger partial charge in [0.05, 0.1) is 0 Å². The predicted molar refractivity (Wildman–Crippen MR) is 55.6 cm³/mol. The summed E-state index contributed by atoms with van der Waals surface area (Å²) in [6, 6.07) is 0.910. The fourth-order valence-corrected chi connectivity index (χ4v) is 1.33. The van der Waals surface area contributed by atoms with Crippen LogP contribution in [0.4, 0.5) is 26.3 Å². The highest BCUT2D eigenvalue weighted by molar-refractivity contribution is 5.91. The highest BCUT2D eigenvalue weighted by Gasteiger charge is 2.55. The second-order valence-corrected chi connectivity index (χ2v) is 4.39. The van der Waals surface area contributed by atoms with E-state index in [1.165, 1.54) is 0 Å². The van der Waals surface area contributed by atoms with E-state index >= 15 is 0 Å². The minimum atomic E-state index is -4.85. The molecule has 3 nitrogen and oxygen atoms in total. The number of hydrogen-bond acceptors (Lipinski definition) is 2. The Hall–Kier alpha value is -1.72. The molecule has 1 N–H and O–H groups in total. The third-order valence-electron chi connectivity index (χ3n) is 2.79. The number of alkyl halides is 6. The number of allylic oxidation sites excluding steroid dienone is 1. The van der Waals surface area contributed by atoms with Crippen LogP contribution in [0.25, 0.3) is 0 Å². The van der Waals surface area contributed by atoms with Crippen molar-refractivity contribution in [3.05, 3.63) is 11.6 Å². The normalized spacial score (nSPS) is 18.1. The summed E-state index contributed by atoms with van der Waals surface area (Å²) in [7, 11) is 0. The van der Waals surface area contributed by atoms with Gasteiger partial charge in [-0.1, -0.05) is 6.92 Å². The first-order valence-corrected chi connectivity index (χ1v) is 5.24. The fraction of sp³-hybridized carbons (Fsp3) is 0.636. The van der Waals surface area contributed by atoms with E-state index in [1.807, 2.05) is 0 Å². The van der Waals surface area contributed by atoms with Gasteiger partial charge in [0, 0.05) is 18.4 Å². The van der Waals surface area contributed by atoms with Crippen LogP contribution >= 0.6 is 0 Å². The number of nitrogens with zero attached hydrogens (tertiary/aromatic N) is 1. The molecule has 2 unspecified atom stereocenters. The Bertz CT molecular complexity index is 447. The van der Waals surface area contributed by atoms with Crippen LogP contribution < -0.4 is 0 Å². The van der Waals surface area contributed by atoms with E-state index < -0.39 is 47.7 Å². The lowest BCUT2D eigenvalue weighted by atomic mass is 9.83. The number of nitriles is 1. The van der Waals surface area contributed by atoms with Gasteiger partial charge in [0.25, 0.3) is 0 Å². The molecule has 114 valence electrons. The maximum Gasteiger partial charge on any atom is 0.389 e. The Kier molecular flexibility index (Phi) is 5.23. The average Bonchev–Trinajstić information content (AvgIpc) is 2.22. The molecule has 9 heteroatoms. The summed E-state index contributed by atoms with van der Waals surface area (Å²) in [4.78, 5) is 10.4. The SMILES string of the molecule is CC(CC(F)(F)F)C(C)(F)C(F)(F)C=C(C#N)C(=O)O.